The van der Waals surface area contributed by atoms with Crippen LogP contribution in [0.1, 0.15) is 31.0 Å². The summed E-state index contributed by atoms with van der Waals surface area (Å²) in [6.45, 7) is 6.45. The van der Waals surface area contributed by atoms with E-state index in [1.807, 2.05) is 39.2 Å². The number of benzene rings is 1. The molecule has 0 saturated heterocycles. The predicted octanol–water partition coefficient (Wildman–Crippen LogP) is 3.12. The fraction of sp³-hybridized carbons (Fsp3) is 0.500. The predicted molar refractivity (Wildman–Crippen MR) is 74.3 cm³/mol. The van der Waals surface area contributed by atoms with Crippen molar-refractivity contribution in [2.75, 3.05) is 25.5 Å². The first-order chi connectivity index (χ1) is 8.38. The van der Waals surface area contributed by atoms with Crippen LogP contribution < -0.4 is 4.90 Å². The Morgan fingerprint density at radius 3 is 2.44 bits per heavy atom. The van der Waals surface area contributed by atoms with E-state index in [1.165, 1.54) is 10.5 Å². The second-order valence-electron chi connectivity index (χ2n) is 4.71. The minimum absolute atomic E-state index is 0.262. The van der Waals surface area contributed by atoms with Crippen molar-refractivity contribution in [2.24, 2.45) is 0 Å². The highest BCUT2D eigenvalue weighted by molar-refractivity contribution is 5.86. The Balaban J connectivity index is 3.18. The standard InChI is InChI=1S/C14H22N2O2/c1-6-16(14(17)18)12-8-7-10(2)13(9-12)11(3)15(4)5/h7-9,11H,6H2,1-5H3,(H,17,18)/t11-/m0/s1. The van der Waals surface area contributed by atoms with Crippen molar-refractivity contribution < 1.29 is 9.90 Å². The van der Waals surface area contributed by atoms with Gasteiger partial charge in [-0.2, -0.15) is 0 Å². The lowest BCUT2D eigenvalue weighted by Crippen LogP contribution is -2.29. The summed E-state index contributed by atoms with van der Waals surface area (Å²) in [4.78, 5) is 14.6. The summed E-state index contributed by atoms with van der Waals surface area (Å²) >= 11 is 0. The molecule has 0 bridgehead atoms. The summed E-state index contributed by atoms with van der Waals surface area (Å²) < 4.78 is 0. The Hall–Kier alpha value is -1.55. The molecule has 0 saturated carbocycles. The minimum atomic E-state index is -0.912. The lowest BCUT2D eigenvalue weighted by Gasteiger charge is -2.25. The monoisotopic (exact) mass is 250 g/mol. The number of aryl methyl sites for hydroxylation is 1. The van der Waals surface area contributed by atoms with Gasteiger partial charge in [0.2, 0.25) is 0 Å². The molecule has 18 heavy (non-hydrogen) atoms. The van der Waals surface area contributed by atoms with Gasteiger partial charge in [0.05, 0.1) is 0 Å². The third-order valence-electron chi connectivity index (χ3n) is 3.35. The Morgan fingerprint density at radius 1 is 1.39 bits per heavy atom. The largest absolute Gasteiger partial charge is 0.465 e. The molecule has 4 heteroatoms. The average molecular weight is 250 g/mol. The van der Waals surface area contributed by atoms with Crippen molar-refractivity contribution in [3.8, 4) is 0 Å². The lowest BCUT2D eigenvalue weighted by molar-refractivity contribution is 0.202. The van der Waals surface area contributed by atoms with E-state index >= 15 is 0 Å². The van der Waals surface area contributed by atoms with Crippen LogP contribution in [0.25, 0.3) is 0 Å². The maximum atomic E-state index is 11.1. The van der Waals surface area contributed by atoms with Gasteiger partial charge in [0.15, 0.2) is 0 Å². The van der Waals surface area contributed by atoms with Crippen LogP contribution in [0.5, 0.6) is 0 Å². The molecule has 1 atom stereocenters. The molecule has 0 radical (unpaired) electrons. The van der Waals surface area contributed by atoms with Crippen LogP contribution in [-0.4, -0.2) is 36.7 Å². The van der Waals surface area contributed by atoms with E-state index in [0.717, 1.165) is 11.3 Å². The highest BCUT2D eigenvalue weighted by Gasteiger charge is 2.16. The van der Waals surface area contributed by atoms with Crippen molar-refractivity contribution in [1.82, 2.24) is 4.90 Å². The van der Waals surface area contributed by atoms with E-state index in [0.29, 0.717) is 6.54 Å². The number of hydrogen-bond acceptors (Lipinski definition) is 2. The number of anilines is 1. The quantitative estimate of drug-likeness (QED) is 0.893. The molecule has 100 valence electrons. The molecule has 1 aromatic carbocycles. The van der Waals surface area contributed by atoms with Crippen molar-refractivity contribution >= 4 is 11.8 Å². The van der Waals surface area contributed by atoms with E-state index in [4.69, 9.17) is 5.11 Å². The van der Waals surface area contributed by atoms with Crippen LogP contribution in [0.15, 0.2) is 18.2 Å². The summed E-state index contributed by atoms with van der Waals surface area (Å²) in [5.74, 6) is 0. The van der Waals surface area contributed by atoms with Crippen LogP contribution in [0, 0.1) is 6.92 Å². The molecule has 0 aliphatic heterocycles. The zero-order chi connectivity index (χ0) is 13.9. The van der Waals surface area contributed by atoms with Crippen molar-refractivity contribution in [1.29, 1.82) is 0 Å². The number of rotatable bonds is 4. The van der Waals surface area contributed by atoms with Crippen LogP contribution in [-0.2, 0) is 0 Å². The molecule has 1 rings (SSSR count). The summed E-state index contributed by atoms with van der Waals surface area (Å²) in [5.41, 5.74) is 3.08. The van der Waals surface area contributed by atoms with Crippen LogP contribution in [0.4, 0.5) is 10.5 Å². The topological polar surface area (TPSA) is 43.8 Å². The molecule has 0 fully saturated rings. The van der Waals surface area contributed by atoms with E-state index in [-0.39, 0.29) is 6.04 Å². The van der Waals surface area contributed by atoms with Gasteiger partial charge in [-0.25, -0.2) is 4.79 Å². The van der Waals surface area contributed by atoms with E-state index in [2.05, 4.69) is 18.7 Å². The maximum absolute atomic E-state index is 11.1. The summed E-state index contributed by atoms with van der Waals surface area (Å²) in [7, 11) is 4.04. The Kier molecular flexibility index (Phi) is 4.73. The zero-order valence-corrected chi connectivity index (χ0v) is 11.8. The minimum Gasteiger partial charge on any atom is -0.465 e. The number of nitrogens with zero attached hydrogens (tertiary/aromatic N) is 2. The summed E-state index contributed by atoms with van der Waals surface area (Å²) in [5, 5.41) is 9.15. The molecule has 0 heterocycles. The van der Waals surface area contributed by atoms with Crippen LogP contribution >= 0.6 is 0 Å². The Bertz CT molecular complexity index is 430. The van der Waals surface area contributed by atoms with Crippen molar-refractivity contribution in [2.45, 2.75) is 26.8 Å². The maximum Gasteiger partial charge on any atom is 0.411 e. The Morgan fingerprint density at radius 2 is 2.00 bits per heavy atom. The molecular formula is C14H22N2O2. The summed E-state index contributed by atoms with van der Waals surface area (Å²) in [6, 6.07) is 6.07. The molecule has 0 spiro atoms. The number of carbonyl (C=O) groups is 1. The average Bonchev–Trinajstić information content (AvgIpc) is 2.30. The second kappa shape index (κ2) is 5.87. The zero-order valence-electron chi connectivity index (χ0n) is 11.8. The fourth-order valence-corrected chi connectivity index (χ4v) is 1.95. The number of hydrogen-bond donors (Lipinski definition) is 1. The number of carboxylic acid groups (broad SMARTS) is 1. The van der Waals surface area contributed by atoms with E-state index < -0.39 is 6.09 Å². The summed E-state index contributed by atoms with van der Waals surface area (Å²) in [6.07, 6.45) is -0.912. The van der Waals surface area contributed by atoms with Gasteiger partial charge in [-0.3, -0.25) is 4.90 Å². The molecule has 1 N–H and O–H groups in total. The molecule has 4 nitrogen and oxygen atoms in total. The van der Waals surface area contributed by atoms with Crippen molar-refractivity contribution in [3.05, 3.63) is 29.3 Å². The van der Waals surface area contributed by atoms with E-state index in [9.17, 15) is 4.79 Å². The SMILES string of the molecule is CCN(C(=O)O)c1ccc(C)c([C@H](C)N(C)C)c1. The normalized spacial score (nSPS) is 12.6. The molecule has 0 aliphatic carbocycles. The molecule has 0 aliphatic rings. The molecule has 1 amide bonds. The molecule has 1 aromatic rings. The van der Waals surface area contributed by atoms with Gasteiger partial charge < -0.3 is 10.0 Å². The second-order valence-corrected chi connectivity index (χ2v) is 4.71. The molecule has 0 unspecified atom stereocenters. The lowest BCUT2D eigenvalue weighted by atomic mass is 10.0. The first kappa shape index (κ1) is 14.5. The third kappa shape index (κ3) is 3.01. The molecular weight excluding hydrogens is 228 g/mol. The first-order valence-corrected chi connectivity index (χ1v) is 6.15. The number of amides is 1. The van der Waals surface area contributed by atoms with Crippen LogP contribution in [0.2, 0.25) is 0 Å². The highest BCUT2D eigenvalue weighted by Crippen LogP contribution is 2.26. The van der Waals surface area contributed by atoms with Crippen LogP contribution in [0.3, 0.4) is 0 Å². The van der Waals surface area contributed by atoms with E-state index in [1.54, 1.807) is 0 Å². The van der Waals surface area contributed by atoms with Gasteiger partial charge in [-0.05, 0) is 58.1 Å². The van der Waals surface area contributed by atoms with Gasteiger partial charge in [0.1, 0.15) is 0 Å². The van der Waals surface area contributed by atoms with Gasteiger partial charge in [0.25, 0.3) is 0 Å². The molecule has 0 aromatic heterocycles. The van der Waals surface area contributed by atoms with Gasteiger partial charge in [0, 0.05) is 18.3 Å². The fourth-order valence-electron chi connectivity index (χ4n) is 1.95. The Labute approximate surface area is 109 Å². The van der Waals surface area contributed by atoms with Gasteiger partial charge in [-0.1, -0.05) is 6.07 Å². The van der Waals surface area contributed by atoms with Gasteiger partial charge >= 0.3 is 6.09 Å². The first-order valence-electron chi connectivity index (χ1n) is 6.15. The highest BCUT2D eigenvalue weighted by atomic mass is 16.4. The smallest absolute Gasteiger partial charge is 0.411 e. The third-order valence-corrected chi connectivity index (χ3v) is 3.35. The van der Waals surface area contributed by atoms with Gasteiger partial charge in [-0.15, -0.1) is 0 Å². The van der Waals surface area contributed by atoms with Crippen molar-refractivity contribution in [3.63, 3.8) is 0 Å².